The molecule has 1 aromatic rings. The maximum atomic E-state index is 12.5. The van der Waals surface area contributed by atoms with Gasteiger partial charge in [0.2, 0.25) is 15.9 Å². The average Bonchev–Trinajstić information content (AvgIpc) is 2.52. The van der Waals surface area contributed by atoms with Gasteiger partial charge in [-0.2, -0.15) is 4.31 Å². The maximum Gasteiger partial charge on any atom is 0.243 e. The zero-order chi connectivity index (χ0) is 19.2. The lowest BCUT2D eigenvalue weighted by molar-refractivity contribution is -0.121. The number of carbonyl (C=O) groups is 2. The molecule has 0 bridgehead atoms. The van der Waals surface area contributed by atoms with Gasteiger partial charge in [0.05, 0.1) is 11.4 Å². The van der Waals surface area contributed by atoms with Gasteiger partial charge in [-0.05, 0) is 44.7 Å². The Morgan fingerprint density at radius 2 is 1.64 bits per heavy atom. The number of nitrogens with zero attached hydrogens (tertiary/aromatic N) is 1. The number of nitrogens with one attached hydrogen (secondary N) is 1. The fourth-order valence-electron chi connectivity index (χ4n) is 2.30. The van der Waals surface area contributed by atoms with Crippen LogP contribution in [0.25, 0.3) is 0 Å². The number of hydrogen-bond donors (Lipinski definition) is 1. The second-order valence-electron chi connectivity index (χ2n) is 6.78. The zero-order valence-corrected chi connectivity index (χ0v) is 16.4. The second-order valence-corrected chi connectivity index (χ2v) is 8.83. The quantitative estimate of drug-likeness (QED) is 0.679. The molecule has 7 heteroatoms. The lowest BCUT2D eigenvalue weighted by Gasteiger charge is -2.19. The third-order valence-electron chi connectivity index (χ3n) is 3.92. The molecule has 0 fully saturated rings. The normalized spacial score (nSPS) is 13.1. The highest BCUT2D eigenvalue weighted by Crippen LogP contribution is 2.15. The van der Waals surface area contributed by atoms with Crippen LogP contribution in [0.3, 0.4) is 0 Å². The first-order valence-corrected chi connectivity index (χ1v) is 9.84. The van der Waals surface area contributed by atoms with Crippen LogP contribution in [0.1, 0.15) is 50.9 Å². The molecule has 1 atom stereocenters. The Labute approximate surface area is 150 Å². The van der Waals surface area contributed by atoms with E-state index in [1.165, 1.54) is 38.2 Å². The van der Waals surface area contributed by atoms with Gasteiger partial charge in [-0.15, -0.1) is 0 Å². The average molecular weight is 368 g/mol. The largest absolute Gasteiger partial charge is 0.353 e. The molecule has 1 unspecified atom stereocenters. The number of sulfonamides is 1. The van der Waals surface area contributed by atoms with E-state index in [2.05, 4.69) is 19.2 Å². The first kappa shape index (κ1) is 21.3. The number of likely N-dealkylation sites (N-methyl/N-ethyl adjacent to an activating group) is 1. The van der Waals surface area contributed by atoms with E-state index in [1.54, 1.807) is 0 Å². The monoisotopic (exact) mass is 368 g/mol. The topological polar surface area (TPSA) is 83.6 Å². The van der Waals surface area contributed by atoms with E-state index in [0.29, 0.717) is 11.5 Å². The second kappa shape index (κ2) is 9.10. The van der Waals surface area contributed by atoms with Crippen LogP contribution in [0.15, 0.2) is 29.2 Å². The molecule has 1 aromatic carbocycles. The van der Waals surface area contributed by atoms with Gasteiger partial charge in [-0.25, -0.2) is 8.42 Å². The first-order chi connectivity index (χ1) is 11.5. The molecule has 1 amide bonds. The number of carbonyl (C=O) groups excluding carboxylic acids is 2. The molecule has 6 nitrogen and oxygen atoms in total. The molecule has 0 aliphatic carbocycles. The van der Waals surface area contributed by atoms with Gasteiger partial charge < -0.3 is 5.32 Å². The van der Waals surface area contributed by atoms with Crippen LogP contribution in [0.5, 0.6) is 0 Å². The predicted octanol–water partition coefficient (Wildman–Crippen LogP) is 2.45. The highest BCUT2D eigenvalue weighted by Gasteiger charge is 2.23. The van der Waals surface area contributed by atoms with E-state index in [4.69, 9.17) is 0 Å². The van der Waals surface area contributed by atoms with Crippen molar-refractivity contribution in [3.8, 4) is 0 Å². The molecule has 0 aliphatic heterocycles. The summed E-state index contributed by atoms with van der Waals surface area (Å²) < 4.78 is 26.0. The van der Waals surface area contributed by atoms with Crippen molar-refractivity contribution in [3.05, 3.63) is 29.8 Å². The van der Waals surface area contributed by atoms with Crippen LogP contribution in [-0.2, 0) is 14.8 Å². The standard InChI is InChI=1S/C18H28N2O4S/c1-13(2)6-7-14(3)19-18(22)12-20(5)25(23,24)17-10-8-16(9-11-17)15(4)21/h8-11,13-14H,6-7,12H2,1-5H3,(H,19,22). The SMILES string of the molecule is CC(=O)c1ccc(S(=O)(=O)N(C)CC(=O)NC(C)CCC(C)C)cc1. The highest BCUT2D eigenvalue weighted by atomic mass is 32.2. The van der Waals surface area contributed by atoms with Crippen LogP contribution in [0, 0.1) is 5.92 Å². The van der Waals surface area contributed by atoms with Gasteiger partial charge in [0.15, 0.2) is 5.78 Å². The van der Waals surface area contributed by atoms with E-state index in [9.17, 15) is 18.0 Å². The molecule has 0 heterocycles. The van der Waals surface area contributed by atoms with Gasteiger partial charge in [0, 0.05) is 18.7 Å². The summed E-state index contributed by atoms with van der Waals surface area (Å²) in [5, 5.41) is 2.82. The summed E-state index contributed by atoms with van der Waals surface area (Å²) in [5.41, 5.74) is 0.443. The summed E-state index contributed by atoms with van der Waals surface area (Å²) in [6, 6.07) is 5.70. The third-order valence-corrected chi connectivity index (χ3v) is 5.74. The molecule has 25 heavy (non-hydrogen) atoms. The Morgan fingerprint density at radius 1 is 1.08 bits per heavy atom. The molecule has 0 saturated heterocycles. The molecule has 140 valence electrons. The number of Topliss-reactive ketones (excluding diaryl/α,β-unsaturated/α-hetero) is 1. The van der Waals surface area contributed by atoms with Crippen molar-refractivity contribution in [2.45, 2.75) is 51.5 Å². The van der Waals surface area contributed by atoms with Gasteiger partial charge in [-0.3, -0.25) is 9.59 Å². The summed E-state index contributed by atoms with van der Waals surface area (Å²) in [5.74, 6) is 0.0927. The van der Waals surface area contributed by atoms with Crippen LogP contribution in [0.2, 0.25) is 0 Å². The Balaban J connectivity index is 2.69. The van der Waals surface area contributed by atoms with Crippen LogP contribution in [0.4, 0.5) is 0 Å². The van der Waals surface area contributed by atoms with Gasteiger partial charge in [-0.1, -0.05) is 26.0 Å². The van der Waals surface area contributed by atoms with Crippen molar-refractivity contribution in [2.75, 3.05) is 13.6 Å². The van der Waals surface area contributed by atoms with Crippen molar-refractivity contribution < 1.29 is 18.0 Å². The van der Waals surface area contributed by atoms with E-state index >= 15 is 0 Å². The fraction of sp³-hybridized carbons (Fsp3) is 0.556. The molecule has 0 radical (unpaired) electrons. The van der Waals surface area contributed by atoms with E-state index in [1.807, 2.05) is 6.92 Å². The van der Waals surface area contributed by atoms with Gasteiger partial charge in [0.1, 0.15) is 0 Å². The van der Waals surface area contributed by atoms with Crippen LogP contribution in [-0.4, -0.2) is 44.0 Å². The minimum Gasteiger partial charge on any atom is -0.353 e. The Kier molecular flexibility index (Phi) is 7.76. The Morgan fingerprint density at radius 3 is 2.12 bits per heavy atom. The summed E-state index contributed by atoms with van der Waals surface area (Å²) in [4.78, 5) is 23.4. The Hall–Kier alpha value is -1.73. The van der Waals surface area contributed by atoms with Gasteiger partial charge in [0.25, 0.3) is 0 Å². The van der Waals surface area contributed by atoms with Gasteiger partial charge >= 0.3 is 0 Å². The van der Waals surface area contributed by atoms with E-state index in [-0.39, 0.29) is 29.2 Å². The zero-order valence-electron chi connectivity index (χ0n) is 15.6. The lowest BCUT2D eigenvalue weighted by Crippen LogP contribution is -2.41. The van der Waals surface area contributed by atoms with Crippen molar-refractivity contribution in [1.82, 2.24) is 9.62 Å². The lowest BCUT2D eigenvalue weighted by atomic mass is 10.0. The smallest absolute Gasteiger partial charge is 0.243 e. The molecular formula is C18H28N2O4S. The van der Waals surface area contributed by atoms with Crippen molar-refractivity contribution >= 4 is 21.7 Å². The molecule has 1 rings (SSSR count). The first-order valence-electron chi connectivity index (χ1n) is 8.40. The number of ketones is 1. The summed E-state index contributed by atoms with van der Waals surface area (Å²) in [6.45, 7) is 7.32. The minimum atomic E-state index is -3.78. The predicted molar refractivity (Wildman–Crippen MR) is 97.9 cm³/mol. The minimum absolute atomic E-state index is 0.000791. The molecule has 0 saturated carbocycles. The van der Waals surface area contributed by atoms with Crippen LogP contribution >= 0.6 is 0 Å². The van der Waals surface area contributed by atoms with Crippen LogP contribution < -0.4 is 5.32 Å². The highest BCUT2D eigenvalue weighted by molar-refractivity contribution is 7.89. The number of benzene rings is 1. The summed E-state index contributed by atoms with van der Waals surface area (Å²) >= 11 is 0. The number of amides is 1. The number of hydrogen-bond acceptors (Lipinski definition) is 4. The van der Waals surface area contributed by atoms with E-state index in [0.717, 1.165) is 17.1 Å². The summed E-state index contributed by atoms with van der Waals surface area (Å²) in [6.07, 6.45) is 1.85. The molecule has 1 N–H and O–H groups in total. The van der Waals surface area contributed by atoms with E-state index < -0.39 is 10.0 Å². The van der Waals surface area contributed by atoms with Crippen molar-refractivity contribution in [2.24, 2.45) is 5.92 Å². The van der Waals surface area contributed by atoms with Crippen molar-refractivity contribution in [3.63, 3.8) is 0 Å². The number of rotatable bonds is 9. The molecule has 0 aliphatic rings. The van der Waals surface area contributed by atoms with Crippen molar-refractivity contribution in [1.29, 1.82) is 0 Å². The molecular weight excluding hydrogens is 340 g/mol. The molecule has 0 aromatic heterocycles. The molecule has 0 spiro atoms. The maximum absolute atomic E-state index is 12.5. The fourth-order valence-corrected chi connectivity index (χ4v) is 3.43. The Bertz CT molecular complexity index is 696. The summed E-state index contributed by atoms with van der Waals surface area (Å²) in [7, 11) is -2.41. The third kappa shape index (κ3) is 6.59.